The second-order valence-electron chi connectivity index (χ2n) is 4.38. The van der Waals surface area contributed by atoms with Gasteiger partial charge in [0, 0.05) is 18.8 Å². The second-order valence-corrected chi connectivity index (χ2v) is 4.38. The minimum atomic E-state index is -0.211. The zero-order valence-corrected chi connectivity index (χ0v) is 10.8. The molecule has 0 spiro atoms. The van der Waals surface area contributed by atoms with E-state index < -0.39 is 0 Å². The van der Waals surface area contributed by atoms with Crippen LogP contribution in [0.1, 0.15) is 12.1 Å². The standard InChI is InChI=1S/C14H18FN3/c1-16-8-4-7-14-13(10-18(2)17-14)11-5-3-6-12(15)9-11/h3,5-6,9-10,16H,4,7-8H2,1-2H3. The van der Waals surface area contributed by atoms with Gasteiger partial charge in [0.25, 0.3) is 0 Å². The van der Waals surface area contributed by atoms with Crippen LogP contribution >= 0.6 is 0 Å². The number of rotatable bonds is 5. The summed E-state index contributed by atoms with van der Waals surface area (Å²) in [6.07, 6.45) is 3.87. The van der Waals surface area contributed by atoms with Crippen LogP contribution in [-0.2, 0) is 13.5 Å². The van der Waals surface area contributed by atoms with Crippen LogP contribution in [0, 0.1) is 5.82 Å². The number of halogens is 1. The lowest BCUT2D eigenvalue weighted by Gasteiger charge is -2.02. The van der Waals surface area contributed by atoms with Gasteiger partial charge in [-0.2, -0.15) is 5.10 Å². The lowest BCUT2D eigenvalue weighted by molar-refractivity contribution is 0.628. The topological polar surface area (TPSA) is 29.9 Å². The van der Waals surface area contributed by atoms with E-state index in [0.29, 0.717) is 0 Å². The van der Waals surface area contributed by atoms with E-state index in [-0.39, 0.29) is 5.82 Å². The first-order valence-electron chi connectivity index (χ1n) is 6.14. The van der Waals surface area contributed by atoms with Crippen LogP contribution in [0.5, 0.6) is 0 Å². The van der Waals surface area contributed by atoms with Gasteiger partial charge in [-0.05, 0) is 44.1 Å². The second kappa shape index (κ2) is 5.78. The smallest absolute Gasteiger partial charge is 0.123 e. The monoisotopic (exact) mass is 247 g/mol. The Morgan fingerprint density at radius 3 is 2.94 bits per heavy atom. The predicted molar refractivity (Wildman–Crippen MR) is 70.8 cm³/mol. The Morgan fingerprint density at radius 1 is 1.39 bits per heavy atom. The molecule has 0 radical (unpaired) electrons. The molecule has 1 heterocycles. The number of nitrogens with zero attached hydrogens (tertiary/aromatic N) is 2. The highest BCUT2D eigenvalue weighted by atomic mass is 19.1. The Bertz CT molecular complexity index is 520. The van der Waals surface area contributed by atoms with Crippen LogP contribution in [-0.4, -0.2) is 23.4 Å². The SMILES string of the molecule is CNCCCc1nn(C)cc1-c1cccc(F)c1. The molecule has 3 nitrogen and oxygen atoms in total. The lowest BCUT2D eigenvalue weighted by atomic mass is 10.0. The van der Waals surface area contributed by atoms with E-state index in [4.69, 9.17) is 0 Å². The van der Waals surface area contributed by atoms with Crippen molar-refractivity contribution in [1.82, 2.24) is 15.1 Å². The van der Waals surface area contributed by atoms with Crippen molar-refractivity contribution < 1.29 is 4.39 Å². The average molecular weight is 247 g/mol. The van der Waals surface area contributed by atoms with Gasteiger partial charge >= 0.3 is 0 Å². The number of benzene rings is 1. The van der Waals surface area contributed by atoms with E-state index >= 15 is 0 Å². The fourth-order valence-electron chi connectivity index (χ4n) is 2.05. The number of nitrogens with one attached hydrogen (secondary N) is 1. The normalized spacial score (nSPS) is 10.8. The molecule has 18 heavy (non-hydrogen) atoms. The van der Waals surface area contributed by atoms with Crippen molar-refractivity contribution in [3.05, 3.63) is 42.0 Å². The molecule has 96 valence electrons. The molecule has 0 bridgehead atoms. The summed E-state index contributed by atoms with van der Waals surface area (Å²) in [5.74, 6) is -0.211. The van der Waals surface area contributed by atoms with Gasteiger partial charge in [0.15, 0.2) is 0 Å². The van der Waals surface area contributed by atoms with Crippen molar-refractivity contribution in [2.75, 3.05) is 13.6 Å². The van der Waals surface area contributed by atoms with E-state index in [9.17, 15) is 4.39 Å². The first kappa shape index (κ1) is 12.8. The Morgan fingerprint density at radius 2 is 2.22 bits per heavy atom. The van der Waals surface area contributed by atoms with E-state index in [1.165, 1.54) is 6.07 Å². The van der Waals surface area contributed by atoms with Gasteiger partial charge in [-0.3, -0.25) is 4.68 Å². The molecular formula is C14H18FN3. The van der Waals surface area contributed by atoms with Gasteiger partial charge in [0.05, 0.1) is 5.69 Å². The van der Waals surface area contributed by atoms with Gasteiger partial charge in [-0.1, -0.05) is 12.1 Å². The summed E-state index contributed by atoms with van der Waals surface area (Å²) in [5, 5.41) is 7.57. The highest BCUT2D eigenvalue weighted by Crippen LogP contribution is 2.24. The van der Waals surface area contributed by atoms with E-state index in [1.54, 1.807) is 16.8 Å². The summed E-state index contributed by atoms with van der Waals surface area (Å²) in [6.45, 7) is 0.958. The van der Waals surface area contributed by atoms with Crippen molar-refractivity contribution in [3.8, 4) is 11.1 Å². The molecule has 4 heteroatoms. The minimum Gasteiger partial charge on any atom is -0.320 e. The van der Waals surface area contributed by atoms with Crippen LogP contribution in [0.15, 0.2) is 30.5 Å². The molecule has 1 aromatic carbocycles. The third-order valence-corrected chi connectivity index (χ3v) is 2.88. The van der Waals surface area contributed by atoms with Crippen molar-refractivity contribution in [3.63, 3.8) is 0 Å². The maximum Gasteiger partial charge on any atom is 0.123 e. The van der Waals surface area contributed by atoms with Crippen LogP contribution in [0.2, 0.25) is 0 Å². The fourth-order valence-corrected chi connectivity index (χ4v) is 2.05. The third kappa shape index (κ3) is 2.96. The highest BCUT2D eigenvalue weighted by molar-refractivity contribution is 5.65. The summed E-state index contributed by atoms with van der Waals surface area (Å²) in [6, 6.07) is 6.66. The largest absolute Gasteiger partial charge is 0.320 e. The fraction of sp³-hybridized carbons (Fsp3) is 0.357. The van der Waals surface area contributed by atoms with Crippen LogP contribution in [0.3, 0.4) is 0 Å². The number of hydrogen-bond acceptors (Lipinski definition) is 2. The van der Waals surface area contributed by atoms with Crippen LogP contribution in [0.4, 0.5) is 4.39 Å². The van der Waals surface area contributed by atoms with Gasteiger partial charge in [0.1, 0.15) is 5.82 Å². The molecule has 0 saturated heterocycles. The maximum atomic E-state index is 13.3. The lowest BCUT2D eigenvalue weighted by Crippen LogP contribution is -2.08. The molecule has 1 aromatic heterocycles. The van der Waals surface area contributed by atoms with E-state index in [1.807, 2.05) is 26.4 Å². The van der Waals surface area contributed by atoms with Crippen molar-refractivity contribution in [2.45, 2.75) is 12.8 Å². The van der Waals surface area contributed by atoms with Gasteiger partial charge in [-0.15, -0.1) is 0 Å². The Kier molecular flexibility index (Phi) is 4.10. The van der Waals surface area contributed by atoms with Gasteiger partial charge in [-0.25, -0.2) is 4.39 Å². The molecule has 0 aliphatic carbocycles. The number of aromatic nitrogens is 2. The maximum absolute atomic E-state index is 13.3. The summed E-state index contributed by atoms with van der Waals surface area (Å²) >= 11 is 0. The van der Waals surface area contributed by atoms with Crippen LogP contribution < -0.4 is 5.32 Å². The van der Waals surface area contributed by atoms with E-state index in [0.717, 1.165) is 36.2 Å². The first-order valence-corrected chi connectivity index (χ1v) is 6.14. The molecule has 0 aliphatic heterocycles. The van der Waals surface area contributed by atoms with E-state index in [2.05, 4.69) is 10.4 Å². The average Bonchev–Trinajstić information content (AvgIpc) is 2.71. The summed E-state index contributed by atoms with van der Waals surface area (Å²) < 4.78 is 15.0. The minimum absolute atomic E-state index is 0.211. The molecule has 2 aromatic rings. The molecule has 0 fully saturated rings. The first-order chi connectivity index (χ1) is 8.70. The summed E-state index contributed by atoms with van der Waals surface area (Å²) in [4.78, 5) is 0. The molecular weight excluding hydrogens is 229 g/mol. The Labute approximate surface area is 107 Å². The van der Waals surface area contributed by atoms with Gasteiger partial charge in [0.2, 0.25) is 0 Å². The van der Waals surface area contributed by atoms with Crippen molar-refractivity contribution >= 4 is 0 Å². The van der Waals surface area contributed by atoms with Crippen molar-refractivity contribution in [1.29, 1.82) is 0 Å². The highest BCUT2D eigenvalue weighted by Gasteiger charge is 2.10. The molecule has 2 rings (SSSR count). The zero-order valence-electron chi connectivity index (χ0n) is 10.8. The summed E-state index contributed by atoms with van der Waals surface area (Å²) in [7, 11) is 3.83. The predicted octanol–water partition coefficient (Wildman–Crippen LogP) is 2.38. The summed E-state index contributed by atoms with van der Waals surface area (Å²) in [5.41, 5.74) is 2.94. The van der Waals surface area contributed by atoms with Crippen LogP contribution in [0.25, 0.3) is 11.1 Å². The molecule has 0 amide bonds. The Balaban J connectivity index is 2.26. The van der Waals surface area contributed by atoms with Gasteiger partial charge < -0.3 is 5.32 Å². The molecule has 0 unspecified atom stereocenters. The van der Waals surface area contributed by atoms with Crippen molar-refractivity contribution in [2.24, 2.45) is 7.05 Å². The molecule has 1 N–H and O–H groups in total. The molecule has 0 saturated carbocycles. The molecule has 0 atom stereocenters. The number of hydrogen-bond donors (Lipinski definition) is 1. The molecule has 0 aliphatic rings. The quantitative estimate of drug-likeness (QED) is 0.822. The number of aryl methyl sites for hydroxylation is 2. The third-order valence-electron chi connectivity index (χ3n) is 2.88. The zero-order chi connectivity index (χ0) is 13.0. The Hall–Kier alpha value is -1.68.